The number of rotatable bonds is 6. The third kappa shape index (κ3) is 3.97. The molecular weight excluding hydrogens is 363 g/mol. The smallest absolute Gasteiger partial charge is 0.0726 e. The molecule has 4 heteroatoms. The SMILES string of the molecule is CCCN(CCC)c1cc(C)nc2ccc(-c3ccc(Cl)cc3Cl)cc12. The molecule has 0 fully saturated rings. The summed E-state index contributed by atoms with van der Waals surface area (Å²) in [7, 11) is 0. The van der Waals surface area contributed by atoms with Crippen molar-refractivity contribution < 1.29 is 0 Å². The van der Waals surface area contributed by atoms with Gasteiger partial charge in [-0.25, -0.2) is 0 Å². The molecule has 0 saturated carbocycles. The Balaban J connectivity index is 2.18. The number of anilines is 1. The van der Waals surface area contributed by atoms with E-state index in [0.717, 1.165) is 48.3 Å². The summed E-state index contributed by atoms with van der Waals surface area (Å²) >= 11 is 12.5. The Morgan fingerprint density at radius 3 is 2.31 bits per heavy atom. The fourth-order valence-electron chi connectivity index (χ4n) is 3.38. The number of benzene rings is 2. The first-order chi connectivity index (χ1) is 12.5. The lowest BCUT2D eigenvalue weighted by molar-refractivity contribution is 0.746. The molecule has 3 aromatic rings. The van der Waals surface area contributed by atoms with Crippen molar-refractivity contribution in [1.29, 1.82) is 0 Å². The normalized spacial score (nSPS) is 11.1. The van der Waals surface area contributed by atoms with E-state index in [2.05, 4.69) is 49.9 Å². The summed E-state index contributed by atoms with van der Waals surface area (Å²) in [6, 6.07) is 14.2. The van der Waals surface area contributed by atoms with Gasteiger partial charge in [-0.05, 0) is 55.7 Å². The van der Waals surface area contributed by atoms with Crippen molar-refractivity contribution in [1.82, 2.24) is 4.98 Å². The van der Waals surface area contributed by atoms with Crippen LogP contribution in [0, 0.1) is 6.92 Å². The summed E-state index contributed by atoms with van der Waals surface area (Å²) in [6.45, 7) is 8.58. The molecule has 3 rings (SSSR count). The van der Waals surface area contributed by atoms with Crippen LogP contribution in [0.4, 0.5) is 5.69 Å². The van der Waals surface area contributed by atoms with E-state index in [0.29, 0.717) is 10.0 Å². The number of aryl methyl sites for hydroxylation is 1. The van der Waals surface area contributed by atoms with Crippen LogP contribution in [0.5, 0.6) is 0 Å². The number of hydrogen-bond donors (Lipinski definition) is 0. The van der Waals surface area contributed by atoms with Crippen LogP contribution in [0.2, 0.25) is 10.0 Å². The summed E-state index contributed by atoms with van der Waals surface area (Å²) in [5.41, 5.74) is 5.39. The molecule has 0 spiro atoms. The van der Waals surface area contributed by atoms with Crippen molar-refractivity contribution in [3.05, 3.63) is 58.2 Å². The van der Waals surface area contributed by atoms with E-state index in [4.69, 9.17) is 28.2 Å². The van der Waals surface area contributed by atoms with Gasteiger partial charge in [-0.15, -0.1) is 0 Å². The minimum atomic E-state index is 0.648. The van der Waals surface area contributed by atoms with Crippen LogP contribution in [0.3, 0.4) is 0 Å². The lowest BCUT2D eigenvalue weighted by Crippen LogP contribution is -2.25. The largest absolute Gasteiger partial charge is 0.371 e. The molecule has 0 amide bonds. The quantitative estimate of drug-likeness (QED) is 0.447. The molecule has 0 radical (unpaired) electrons. The lowest BCUT2D eigenvalue weighted by Gasteiger charge is -2.26. The Hall–Kier alpha value is -1.77. The predicted octanol–water partition coefficient (Wildman–Crippen LogP) is 7.14. The van der Waals surface area contributed by atoms with Gasteiger partial charge in [-0.3, -0.25) is 4.98 Å². The third-order valence-electron chi connectivity index (χ3n) is 4.48. The number of fused-ring (bicyclic) bond motifs is 1. The molecule has 26 heavy (non-hydrogen) atoms. The summed E-state index contributed by atoms with van der Waals surface area (Å²) in [5.74, 6) is 0. The fraction of sp³-hybridized carbons (Fsp3) is 0.318. The molecule has 0 bridgehead atoms. The number of aromatic nitrogens is 1. The second-order valence-electron chi connectivity index (χ2n) is 6.63. The lowest BCUT2D eigenvalue weighted by atomic mass is 10.0. The Bertz CT molecular complexity index is 915. The number of pyridine rings is 1. The fourth-order valence-corrected chi connectivity index (χ4v) is 3.90. The second kappa shape index (κ2) is 8.28. The first-order valence-corrected chi connectivity index (χ1v) is 9.90. The minimum Gasteiger partial charge on any atom is -0.371 e. The van der Waals surface area contributed by atoms with E-state index in [1.807, 2.05) is 12.1 Å². The standard InChI is InChI=1S/C22H24Cl2N2/c1-4-10-26(11-5-2)22-12-15(3)25-21-9-6-16(13-19(21)22)18-8-7-17(23)14-20(18)24/h6-9,12-14H,4-5,10-11H2,1-3H3. The van der Waals surface area contributed by atoms with Gasteiger partial charge < -0.3 is 4.90 Å². The van der Waals surface area contributed by atoms with Crippen molar-refractivity contribution in [2.75, 3.05) is 18.0 Å². The van der Waals surface area contributed by atoms with Gasteiger partial charge in [0.25, 0.3) is 0 Å². The highest BCUT2D eigenvalue weighted by Gasteiger charge is 2.13. The van der Waals surface area contributed by atoms with Gasteiger partial charge in [0.15, 0.2) is 0 Å². The van der Waals surface area contributed by atoms with Crippen molar-refractivity contribution >= 4 is 39.8 Å². The zero-order valence-electron chi connectivity index (χ0n) is 15.5. The highest BCUT2D eigenvalue weighted by atomic mass is 35.5. The van der Waals surface area contributed by atoms with Crippen LogP contribution in [0.25, 0.3) is 22.0 Å². The van der Waals surface area contributed by atoms with E-state index in [1.54, 1.807) is 6.07 Å². The molecule has 1 aromatic heterocycles. The molecule has 0 aliphatic carbocycles. The highest BCUT2D eigenvalue weighted by molar-refractivity contribution is 6.36. The molecule has 2 nitrogen and oxygen atoms in total. The van der Waals surface area contributed by atoms with Gasteiger partial charge in [0.2, 0.25) is 0 Å². The van der Waals surface area contributed by atoms with Gasteiger partial charge in [0.1, 0.15) is 0 Å². The molecule has 0 aliphatic rings. The van der Waals surface area contributed by atoms with Crippen LogP contribution in [-0.2, 0) is 0 Å². The van der Waals surface area contributed by atoms with Crippen LogP contribution in [0.15, 0.2) is 42.5 Å². The predicted molar refractivity (Wildman–Crippen MR) is 115 cm³/mol. The first-order valence-electron chi connectivity index (χ1n) is 9.15. The third-order valence-corrected chi connectivity index (χ3v) is 5.03. The summed E-state index contributed by atoms with van der Waals surface area (Å²) < 4.78 is 0. The van der Waals surface area contributed by atoms with E-state index in [-0.39, 0.29) is 0 Å². The molecule has 136 valence electrons. The Labute approximate surface area is 165 Å². The monoisotopic (exact) mass is 386 g/mol. The number of hydrogen-bond acceptors (Lipinski definition) is 2. The summed E-state index contributed by atoms with van der Waals surface area (Å²) in [6.07, 6.45) is 2.23. The highest BCUT2D eigenvalue weighted by Crippen LogP contribution is 2.35. The maximum atomic E-state index is 6.43. The Kier molecular flexibility index (Phi) is 6.05. The van der Waals surface area contributed by atoms with Crippen LogP contribution >= 0.6 is 23.2 Å². The van der Waals surface area contributed by atoms with E-state index in [1.165, 1.54) is 11.1 Å². The molecule has 0 unspecified atom stereocenters. The average molecular weight is 387 g/mol. The maximum Gasteiger partial charge on any atom is 0.0726 e. The van der Waals surface area contributed by atoms with E-state index < -0.39 is 0 Å². The van der Waals surface area contributed by atoms with Crippen LogP contribution < -0.4 is 4.90 Å². The minimum absolute atomic E-state index is 0.648. The molecule has 0 saturated heterocycles. The molecular formula is C22H24Cl2N2. The first kappa shape index (κ1) is 19.0. The van der Waals surface area contributed by atoms with Gasteiger partial charge in [0.05, 0.1) is 5.52 Å². The molecule has 0 atom stereocenters. The molecule has 2 aromatic carbocycles. The summed E-state index contributed by atoms with van der Waals surface area (Å²) in [5, 5.41) is 2.48. The topological polar surface area (TPSA) is 16.1 Å². The summed E-state index contributed by atoms with van der Waals surface area (Å²) in [4.78, 5) is 7.19. The molecule has 1 heterocycles. The van der Waals surface area contributed by atoms with Crippen molar-refractivity contribution in [2.45, 2.75) is 33.6 Å². The van der Waals surface area contributed by atoms with E-state index in [9.17, 15) is 0 Å². The average Bonchev–Trinajstić information content (AvgIpc) is 2.60. The zero-order chi connectivity index (χ0) is 18.7. The van der Waals surface area contributed by atoms with Crippen molar-refractivity contribution in [3.63, 3.8) is 0 Å². The van der Waals surface area contributed by atoms with Crippen LogP contribution in [0.1, 0.15) is 32.4 Å². The number of nitrogens with zero attached hydrogens (tertiary/aromatic N) is 2. The van der Waals surface area contributed by atoms with Gasteiger partial charge in [-0.2, -0.15) is 0 Å². The second-order valence-corrected chi connectivity index (χ2v) is 7.47. The van der Waals surface area contributed by atoms with Gasteiger partial charge in [-0.1, -0.05) is 49.2 Å². The van der Waals surface area contributed by atoms with Crippen LogP contribution in [-0.4, -0.2) is 18.1 Å². The van der Waals surface area contributed by atoms with Crippen molar-refractivity contribution in [3.8, 4) is 11.1 Å². The van der Waals surface area contributed by atoms with Gasteiger partial charge in [0, 0.05) is 45.5 Å². The Morgan fingerprint density at radius 1 is 0.923 bits per heavy atom. The van der Waals surface area contributed by atoms with Gasteiger partial charge >= 0.3 is 0 Å². The maximum absolute atomic E-state index is 6.43. The van der Waals surface area contributed by atoms with E-state index >= 15 is 0 Å². The molecule has 0 aliphatic heterocycles. The molecule has 0 N–H and O–H groups in total. The zero-order valence-corrected chi connectivity index (χ0v) is 17.0. The Morgan fingerprint density at radius 2 is 1.65 bits per heavy atom. The van der Waals surface area contributed by atoms with Crippen molar-refractivity contribution in [2.24, 2.45) is 0 Å². The number of halogens is 2.